The third-order valence-electron chi connectivity index (χ3n) is 9.94. The van der Waals surface area contributed by atoms with Crippen LogP contribution in [0.1, 0.15) is 213 Å². The first-order chi connectivity index (χ1) is 29.0. The molecule has 1 atom stereocenters. The summed E-state index contributed by atoms with van der Waals surface area (Å²) in [6, 6.07) is 0. The van der Waals surface area contributed by atoms with Crippen LogP contribution in [0.3, 0.4) is 0 Å². The van der Waals surface area contributed by atoms with Gasteiger partial charge in [0.1, 0.15) is 13.2 Å². The summed E-state index contributed by atoms with van der Waals surface area (Å²) in [5, 5.41) is 0. The zero-order chi connectivity index (χ0) is 43.0. The molecule has 0 spiro atoms. The Morgan fingerprint density at radius 2 is 0.695 bits per heavy atom. The summed E-state index contributed by atoms with van der Waals surface area (Å²) in [6.45, 7) is 6.25. The van der Waals surface area contributed by atoms with E-state index in [2.05, 4.69) is 106 Å². The van der Waals surface area contributed by atoms with Crippen LogP contribution in [0.15, 0.2) is 85.1 Å². The Labute approximate surface area is 363 Å². The molecule has 0 bridgehead atoms. The van der Waals surface area contributed by atoms with Crippen molar-refractivity contribution in [2.45, 2.75) is 219 Å². The SMILES string of the molecule is CC\C=C/C=C\C=C/CCCCCCCC(=O)OCC(COC(=O)CCCCCCCCC/C=C\C/C=C\CC)OC(=O)CCCCCCCCC/C=C\C/C=C\CC. The first-order valence-corrected chi connectivity index (χ1v) is 24.1. The lowest BCUT2D eigenvalue weighted by molar-refractivity contribution is -0.167. The van der Waals surface area contributed by atoms with Crippen LogP contribution in [0.25, 0.3) is 0 Å². The molecule has 6 nitrogen and oxygen atoms in total. The molecule has 0 aromatic carbocycles. The molecule has 6 heteroatoms. The van der Waals surface area contributed by atoms with Crippen LogP contribution >= 0.6 is 0 Å². The van der Waals surface area contributed by atoms with E-state index in [-0.39, 0.29) is 31.1 Å². The Bertz CT molecular complexity index is 1170. The van der Waals surface area contributed by atoms with Gasteiger partial charge in [-0.05, 0) is 89.9 Å². The van der Waals surface area contributed by atoms with E-state index in [1.165, 1.54) is 51.4 Å². The first-order valence-electron chi connectivity index (χ1n) is 24.1. The molecule has 0 aliphatic carbocycles. The predicted octanol–water partition coefficient (Wildman–Crippen LogP) is 15.6. The van der Waals surface area contributed by atoms with Crippen molar-refractivity contribution in [3.05, 3.63) is 85.1 Å². The summed E-state index contributed by atoms with van der Waals surface area (Å²) in [5.41, 5.74) is 0. The highest BCUT2D eigenvalue weighted by Crippen LogP contribution is 2.14. The number of carbonyl (C=O) groups is 3. The number of ether oxygens (including phenoxy) is 3. The van der Waals surface area contributed by atoms with Gasteiger partial charge in [-0.25, -0.2) is 0 Å². The fraction of sp³-hybridized carbons (Fsp3) is 0.679. The highest BCUT2D eigenvalue weighted by Gasteiger charge is 2.19. The van der Waals surface area contributed by atoms with Crippen LogP contribution < -0.4 is 0 Å². The van der Waals surface area contributed by atoms with Crippen LogP contribution in [-0.2, 0) is 28.6 Å². The average Bonchev–Trinajstić information content (AvgIpc) is 3.23. The fourth-order valence-corrected chi connectivity index (χ4v) is 6.40. The molecule has 0 aromatic rings. The van der Waals surface area contributed by atoms with Crippen LogP contribution in [0.4, 0.5) is 0 Å². The van der Waals surface area contributed by atoms with E-state index in [1.54, 1.807) is 0 Å². The highest BCUT2D eigenvalue weighted by molar-refractivity contribution is 5.71. The standard InChI is InChI=1S/C53H88O6/c1-4-7-10-13-16-19-22-25-28-31-34-37-40-43-46-52(55)58-49-50(48-57-51(54)45-42-39-36-33-30-27-24-21-18-15-12-9-6-3)59-53(56)47-44-41-38-35-32-29-26-23-20-17-14-11-8-5-2/h7-12,15-21,24,50H,4-6,13-14,22-23,25-49H2,1-3H3/b10-7-,11-8-,12-9-,18-15-,19-16-,20-17-,24-21-. The molecule has 0 rings (SSSR count). The zero-order valence-corrected chi connectivity index (χ0v) is 38.2. The van der Waals surface area contributed by atoms with E-state index in [0.717, 1.165) is 122 Å². The van der Waals surface area contributed by atoms with Gasteiger partial charge in [0, 0.05) is 19.3 Å². The van der Waals surface area contributed by atoms with Gasteiger partial charge < -0.3 is 14.2 Å². The second-order valence-corrected chi connectivity index (χ2v) is 15.6. The van der Waals surface area contributed by atoms with Crippen molar-refractivity contribution >= 4 is 17.9 Å². The molecule has 0 saturated heterocycles. The van der Waals surface area contributed by atoms with Crippen LogP contribution in [0, 0.1) is 0 Å². The minimum Gasteiger partial charge on any atom is -0.462 e. The number of allylic oxidation sites excluding steroid dienone is 14. The molecule has 336 valence electrons. The van der Waals surface area contributed by atoms with Gasteiger partial charge in [0.25, 0.3) is 0 Å². The van der Waals surface area contributed by atoms with Gasteiger partial charge >= 0.3 is 17.9 Å². The fourth-order valence-electron chi connectivity index (χ4n) is 6.40. The lowest BCUT2D eigenvalue weighted by atomic mass is 10.1. The van der Waals surface area contributed by atoms with E-state index in [0.29, 0.717) is 19.3 Å². The number of hydrogen-bond acceptors (Lipinski definition) is 6. The Hall–Kier alpha value is -3.41. The smallest absolute Gasteiger partial charge is 0.306 e. The molecular weight excluding hydrogens is 733 g/mol. The maximum absolute atomic E-state index is 12.8. The van der Waals surface area contributed by atoms with E-state index >= 15 is 0 Å². The van der Waals surface area contributed by atoms with E-state index in [1.807, 2.05) is 0 Å². The quantitative estimate of drug-likeness (QED) is 0.0201. The van der Waals surface area contributed by atoms with Crippen molar-refractivity contribution in [1.82, 2.24) is 0 Å². The molecule has 0 heterocycles. The topological polar surface area (TPSA) is 78.9 Å². The molecule has 0 aliphatic rings. The summed E-state index contributed by atoms with van der Waals surface area (Å²) in [5.74, 6) is -0.933. The second kappa shape index (κ2) is 47.3. The maximum atomic E-state index is 12.8. The minimum atomic E-state index is -0.791. The van der Waals surface area contributed by atoms with E-state index < -0.39 is 6.10 Å². The van der Waals surface area contributed by atoms with Crippen molar-refractivity contribution in [3.8, 4) is 0 Å². The molecule has 0 radical (unpaired) electrons. The molecule has 0 aliphatic heterocycles. The molecule has 0 amide bonds. The number of rotatable bonds is 42. The van der Waals surface area contributed by atoms with Gasteiger partial charge in [0.05, 0.1) is 0 Å². The van der Waals surface area contributed by atoms with Gasteiger partial charge in [-0.3, -0.25) is 14.4 Å². The van der Waals surface area contributed by atoms with E-state index in [4.69, 9.17) is 14.2 Å². The van der Waals surface area contributed by atoms with Crippen molar-refractivity contribution in [3.63, 3.8) is 0 Å². The monoisotopic (exact) mass is 821 g/mol. The molecule has 59 heavy (non-hydrogen) atoms. The zero-order valence-electron chi connectivity index (χ0n) is 38.2. The van der Waals surface area contributed by atoms with E-state index in [9.17, 15) is 14.4 Å². The summed E-state index contributed by atoms with van der Waals surface area (Å²) in [4.78, 5) is 37.9. The van der Waals surface area contributed by atoms with Crippen molar-refractivity contribution in [2.75, 3.05) is 13.2 Å². The minimum absolute atomic E-state index is 0.0918. The van der Waals surface area contributed by atoms with Crippen molar-refractivity contribution < 1.29 is 28.6 Å². The van der Waals surface area contributed by atoms with Gasteiger partial charge in [-0.2, -0.15) is 0 Å². The van der Waals surface area contributed by atoms with Crippen LogP contribution in [0.5, 0.6) is 0 Å². The number of esters is 3. The third kappa shape index (κ3) is 45.5. The largest absolute Gasteiger partial charge is 0.462 e. The van der Waals surface area contributed by atoms with Crippen molar-refractivity contribution in [2.24, 2.45) is 0 Å². The Balaban J connectivity index is 4.44. The Kier molecular flexibility index (Phi) is 44.5. The predicted molar refractivity (Wildman–Crippen MR) is 251 cm³/mol. The Morgan fingerprint density at radius 1 is 0.356 bits per heavy atom. The molecule has 1 unspecified atom stereocenters. The normalized spacial score (nSPS) is 12.8. The van der Waals surface area contributed by atoms with Gasteiger partial charge in [-0.15, -0.1) is 0 Å². The third-order valence-corrected chi connectivity index (χ3v) is 9.94. The van der Waals surface area contributed by atoms with Gasteiger partial charge in [0.15, 0.2) is 6.10 Å². The highest BCUT2D eigenvalue weighted by atomic mass is 16.6. The van der Waals surface area contributed by atoms with Crippen LogP contribution in [0.2, 0.25) is 0 Å². The summed E-state index contributed by atoms with van der Waals surface area (Å²) in [7, 11) is 0. The molecule has 0 N–H and O–H groups in total. The molecule has 0 aromatic heterocycles. The van der Waals surface area contributed by atoms with Gasteiger partial charge in [0.2, 0.25) is 0 Å². The second-order valence-electron chi connectivity index (χ2n) is 15.6. The number of carbonyl (C=O) groups excluding carboxylic acids is 3. The first kappa shape index (κ1) is 55.6. The average molecular weight is 821 g/mol. The van der Waals surface area contributed by atoms with Gasteiger partial charge in [-0.1, -0.05) is 189 Å². The maximum Gasteiger partial charge on any atom is 0.306 e. The summed E-state index contributed by atoms with van der Waals surface area (Å²) >= 11 is 0. The molecular formula is C53H88O6. The summed E-state index contributed by atoms with van der Waals surface area (Å²) in [6.07, 6.45) is 59.9. The number of unbranched alkanes of at least 4 members (excludes halogenated alkanes) is 19. The number of hydrogen-bond donors (Lipinski definition) is 0. The molecule has 0 fully saturated rings. The van der Waals surface area contributed by atoms with Crippen LogP contribution in [-0.4, -0.2) is 37.2 Å². The Morgan fingerprint density at radius 3 is 1.12 bits per heavy atom. The van der Waals surface area contributed by atoms with Crippen molar-refractivity contribution in [1.29, 1.82) is 0 Å². The summed E-state index contributed by atoms with van der Waals surface area (Å²) < 4.78 is 16.7. The molecule has 0 saturated carbocycles. The lowest BCUT2D eigenvalue weighted by Crippen LogP contribution is -2.30. The lowest BCUT2D eigenvalue weighted by Gasteiger charge is -2.18.